The second-order valence-corrected chi connectivity index (χ2v) is 5.36. The van der Waals surface area contributed by atoms with Crippen LogP contribution in [-0.2, 0) is 20.2 Å². The lowest BCUT2D eigenvalue weighted by molar-refractivity contribution is 0.453. The molecule has 0 unspecified atom stereocenters. The molecular formula is C5H12O6S2. The van der Waals surface area contributed by atoms with Gasteiger partial charge in [0.15, 0.2) is 0 Å². The molecule has 0 atom stereocenters. The van der Waals surface area contributed by atoms with E-state index in [-0.39, 0.29) is 0 Å². The molecule has 0 rings (SSSR count). The van der Waals surface area contributed by atoms with Gasteiger partial charge in [-0.15, -0.1) is 13.2 Å². The normalized spacial score (nSPS) is 12.0. The average molecular weight is 232 g/mol. The number of rotatable bonds is 3. The molecule has 13 heavy (non-hydrogen) atoms. The van der Waals surface area contributed by atoms with Gasteiger partial charge in [0.1, 0.15) is 0 Å². The molecule has 0 fully saturated rings. The van der Waals surface area contributed by atoms with E-state index in [0.717, 1.165) is 0 Å². The predicted molar refractivity (Wildman–Crippen MR) is 48.4 cm³/mol. The first kappa shape index (κ1) is 15.1. The van der Waals surface area contributed by atoms with E-state index < -0.39 is 31.2 Å². The average Bonchev–Trinajstić information content (AvgIpc) is 1.86. The standard InChI is InChI=1S/C3H8O6S2.C2H4/c1-2-3(10(4,5)6)11(7,8)9;1-2/h3H,2H2,1H3,(H,4,5,6)(H,7,8,9);1-2H2. The molecule has 0 spiro atoms. The number of hydrogen-bond acceptors (Lipinski definition) is 4. The fourth-order valence-electron chi connectivity index (χ4n) is 0.575. The van der Waals surface area contributed by atoms with Crippen LogP contribution in [0.4, 0.5) is 0 Å². The van der Waals surface area contributed by atoms with E-state index in [9.17, 15) is 16.8 Å². The molecule has 80 valence electrons. The van der Waals surface area contributed by atoms with Crippen LogP contribution in [-0.4, -0.2) is 30.5 Å². The SMILES string of the molecule is C=C.CCC(S(=O)(=O)O)S(=O)(=O)O. The van der Waals surface area contributed by atoms with Crippen LogP contribution in [0, 0.1) is 0 Å². The predicted octanol–water partition coefficient (Wildman–Crippen LogP) is 0.300. The molecule has 0 saturated carbocycles. The first-order chi connectivity index (χ1) is 5.69. The van der Waals surface area contributed by atoms with E-state index in [0.29, 0.717) is 0 Å². The van der Waals surface area contributed by atoms with Crippen molar-refractivity contribution in [2.45, 2.75) is 17.9 Å². The Kier molecular flexibility index (Phi) is 6.16. The Morgan fingerprint density at radius 1 is 1.08 bits per heavy atom. The lowest BCUT2D eigenvalue weighted by Gasteiger charge is -2.05. The number of hydrogen-bond donors (Lipinski definition) is 2. The van der Waals surface area contributed by atoms with Gasteiger partial charge in [0.25, 0.3) is 20.2 Å². The van der Waals surface area contributed by atoms with Gasteiger partial charge >= 0.3 is 0 Å². The zero-order valence-corrected chi connectivity index (χ0v) is 8.68. The summed E-state index contributed by atoms with van der Waals surface area (Å²) in [5.41, 5.74) is 0. The van der Waals surface area contributed by atoms with Crippen LogP contribution in [0.3, 0.4) is 0 Å². The van der Waals surface area contributed by atoms with E-state index in [1.165, 1.54) is 6.92 Å². The third kappa shape index (κ3) is 5.75. The van der Waals surface area contributed by atoms with Crippen LogP contribution < -0.4 is 0 Å². The van der Waals surface area contributed by atoms with Crippen molar-refractivity contribution in [1.82, 2.24) is 0 Å². The molecule has 6 nitrogen and oxygen atoms in total. The summed E-state index contributed by atoms with van der Waals surface area (Å²) >= 11 is 0. The smallest absolute Gasteiger partial charge is 0.284 e. The molecule has 0 amide bonds. The lowest BCUT2D eigenvalue weighted by Crippen LogP contribution is -2.28. The molecule has 0 radical (unpaired) electrons. The minimum absolute atomic E-state index is 0.391. The van der Waals surface area contributed by atoms with E-state index in [1.54, 1.807) is 0 Å². The van der Waals surface area contributed by atoms with Crippen LogP contribution >= 0.6 is 0 Å². The van der Waals surface area contributed by atoms with Crippen molar-refractivity contribution in [3.63, 3.8) is 0 Å². The Bertz CT molecular complexity index is 294. The van der Waals surface area contributed by atoms with E-state index in [4.69, 9.17) is 9.11 Å². The summed E-state index contributed by atoms with van der Waals surface area (Å²) in [5.74, 6) is 0. The summed E-state index contributed by atoms with van der Waals surface area (Å²) in [6.45, 7) is 7.21. The maximum absolute atomic E-state index is 10.2. The molecular weight excluding hydrogens is 220 g/mol. The van der Waals surface area contributed by atoms with Crippen LogP contribution in [0.5, 0.6) is 0 Å². The Morgan fingerprint density at radius 2 is 1.31 bits per heavy atom. The highest BCUT2D eigenvalue weighted by Gasteiger charge is 2.33. The largest absolute Gasteiger partial charge is 0.284 e. The molecule has 8 heteroatoms. The molecule has 0 aromatic heterocycles. The molecule has 0 bridgehead atoms. The van der Waals surface area contributed by atoms with Crippen LogP contribution in [0.1, 0.15) is 13.3 Å². The van der Waals surface area contributed by atoms with Gasteiger partial charge in [-0.3, -0.25) is 9.11 Å². The molecule has 2 N–H and O–H groups in total. The van der Waals surface area contributed by atoms with Crippen LogP contribution in [0.2, 0.25) is 0 Å². The molecule has 0 aliphatic carbocycles. The molecule has 0 aliphatic rings. The topological polar surface area (TPSA) is 109 Å². The van der Waals surface area contributed by atoms with Gasteiger partial charge in [-0.05, 0) is 6.42 Å². The third-order valence-electron chi connectivity index (χ3n) is 0.998. The molecule has 0 aromatic rings. The summed E-state index contributed by atoms with van der Waals surface area (Å²) < 4.78 is 55.3. The van der Waals surface area contributed by atoms with Gasteiger partial charge in [0, 0.05) is 0 Å². The zero-order chi connectivity index (χ0) is 11.3. The van der Waals surface area contributed by atoms with Gasteiger partial charge in [-0.1, -0.05) is 6.92 Å². The fraction of sp³-hybridized carbons (Fsp3) is 0.600. The summed E-state index contributed by atoms with van der Waals surface area (Å²) in [4.78, 5) is 0. The van der Waals surface area contributed by atoms with Gasteiger partial charge < -0.3 is 0 Å². The monoisotopic (exact) mass is 232 g/mol. The third-order valence-corrected chi connectivity index (χ3v) is 4.45. The summed E-state index contributed by atoms with van der Waals surface area (Å²) in [6, 6.07) is 0. The van der Waals surface area contributed by atoms with Crippen molar-refractivity contribution in [3.05, 3.63) is 13.2 Å². The van der Waals surface area contributed by atoms with Gasteiger partial charge in [-0.25, -0.2) is 0 Å². The van der Waals surface area contributed by atoms with E-state index in [2.05, 4.69) is 13.2 Å². The van der Waals surface area contributed by atoms with E-state index in [1.807, 2.05) is 0 Å². The Labute approximate surface area is 77.8 Å². The molecule has 0 aliphatic heterocycles. The van der Waals surface area contributed by atoms with Crippen LogP contribution in [0.25, 0.3) is 0 Å². The van der Waals surface area contributed by atoms with Gasteiger partial charge in [0.2, 0.25) is 4.58 Å². The van der Waals surface area contributed by atoms with Crippen molar-refractivity contribution in [2.24, 2.45) is 0 Å². The van der Waals surface area contributed by atoms with Crippen molar-refractivity contribution in [1.29, 1.82) is 0 Å². The maximum atomic E-state index is 10.2. The fourth-order valence-corrected chi connectivity index (χ4v) is 2.65. The first-order valence-corrected chi connectivity index (χ1v) is 6.13. The van der Waals surface area contributed by atoms with Crippen molar-refractivity contribution in [3.8, 4) is 0 Å². The summed E-state index contributed by atoms with van der Waals surface area (Å²) in [6.07, 6.45) is -0.391. The summed E-state index contributed by atoms with van der Waals surface area (Å²) in [5, 5.41) is 0. The first-order valence-electron chi connectivity index (χ1n) is 3.12. The lowest BCUT2D eigenvalue weighted by atomic mass is 10.6. The minimum Gasteiger partial charge on any atom is -0.284 e. The quantitative estimate of drug-likeness (QED) is 0.535. The Balaban J connectivity index is 0. The van der Waals surface area contributed by atoms with Gasteiger partial charge in [0.05, 0.1) is 0 Å². The molecule has 0 heterocycles. The van der Waals surface area contributed by atoms with Crippen molar-refractivity contribution < 1.29 is 25.9 Å². The second kappa shape index (κ2) is 5.32. The van der Waals surface area contributed by atoms with Crippen molar-refractivity contribution in [2.75, 3.05) is 0 Å². The highest BCUT2D eigenvalue weighted by atomic mass is 32.3. The van der Waals surface area contributed by atoms with Crippen molar-refractivity contribution >= 4 is 20.2 Å². The molecule has 0 saturated heterocycles. The Morgan fingerprint density at radius 3 is 1.31 bits per heavy atom. The van der Waals surface area contributed by atoms with E-state index >= 15 is 0 Å². The van der Waals surface area contributed by atoms with Gasteiger partial charge in [-0.2, -0.15) is 16.8 Å². The minimum atomic E-state index is -4.71. The highest BCUT2D eigenvalue weighted by molar-refractivity contribution is 8.03. The Hall–Kier alpha value is -0.440. The molecule has 0 aromatic carbocycles. The maximum Gasteiger partial charge on any atom is 0.284 e. The highest BCUT2D eigenvalue weighted by Crippen LogP contribution is 2.09. The summed E-state index contributed by atoms with van der Waals surface area (Å²) in [7, 11) is -9.42. The zero-order valence-electron chi connectivity index (χ0n) is 7.04. The van der Waals surface area contributed by atoms with Crippen LogP contribution in [0.15, 0.2) is 13.2 Å². The second-order valence-electron chi connectivity index (χ2n) is 1.87.